The number of hydrogen-bond donors (Lipinski definition) is 1. The van der Waals surface area contributed by atoms with Crippen LogP contribution < -0.4 is 5.32 Å². The Balaban J connectivity index is 1.51. The molecule has 2 heterocycles. The molecule has 0 fully saturated rings. The van der Waals surface area contributed by atoms with E-state index in [9.17, 15) is 9.59 Å². The largest absolute Gasteiger partial charge is 0.465 e. The Labute approximate surface area is 199 Å². The summed E-state index contributed by atoms with van der Waals surface area (Å²) in [5.74, 6) is 0.659. The molecule has 180 valence electrons. The minimum Gasteiger partial charge on any atom is -0.465 e. The van der Waals surface area contributed by atoms with Crippen molar-refractivity contribution < 1.29 is 18.8 Å². The first-order valence-electron chi connectivity index (χ1n) is 11.6. The highest BCUT2D eigenvalue weighted by Gasteiger charge is 2.34. The zero-order chi connectivity index (χ0) is 24.6. The summed E-state index contributed by atoms with van der Waals surface area (Å²) >= 11 is 0. The summed E-state index contributed by atoms with van der Waals surface area (Å²) < 4.78 is 12.1. The van der Waals surface area contributed by atoms with Crippen LogP contribution in [0.5, 0.6) is 0 Å². The van der Waals surface area contributed by atoms with Gasteiger partial charge in [-0.25, -0.2) is 4.79 Å². The molecule has 0 saturated carbocycles. The van der Waals surface area contributed by atoms with E-state index in [2.05, 4.69) is 36.3 Å². The summed E-state index contributed by atoms with van der Waals surface area (Å²) in [6, 6.07) is 7.20. The highest BCUT2D eigenvalue weighted by molar-refractivity contribution is 6.04. The van der Waals surface area contributed by atoms with Crippen LogP contribution in [0.3, 0.4) is 0 Å². The topological polar surface area (TPSA) is 99.2 Å². The number of aromatic nitrogens is 3. The second-order valence-corrected chi connectivity index (χ2v) is 10.1. The van der Waals surface area contributed by atoms with Gasteiger partial charge >= 0.3 is 5.97 Å². The van der Waals surface area contributed by atoms with E-state index in [-0.39, 0.29) is 17.3 Å². The average molecular weight is 465 g/mol. The van der Waals surface area contributed by atoms with Crippen molar-refractivity contribution in [1.82, 2.24) is 14.9 Å². The molecule has 1 aliphatic rings. The van der Waals surface area contributed by atoms with Crippen LogP contribution in [0.25, 0.3) is 0 Å². The molecule has 0 radical (unpaired) electrons. The van der Waals surface area contributed by atoms with Gasteiger partial charge in [0.1, 0.15) is 5.76 Å². The Morgan fingerprint density at radius 1 is 1.21 bits per heavy atom. The minimum absolute atomic E-state index is 0.159. The van der Waals surface area contributed by atoms with E-state index in [4.69, 9.17) is 9.26 Å². The number of rotatable bonds is 5. The molecular weight excluding hydrogens is 432 g/mol. The van der Waals surface area contributed by atoms with Gasteiger partial charge in [-0.2, -0.15) is 5.10 Å². The van der Waals surface area contributed by atoms with E-state index in [1.165, 1.54) is 7.11 Å². The van der Waals surface area contributed by atoms with Gasteiger partial charge in [-0.15, -0.1) is 0 Å². The Bertz CT molecular complexity index is 1210. The van der Waals surface area contributed by atoms with Crippen LogP contribution in [0, 0.1) is 25.2 Å². The normalized spacial score (nSPS) is 15.6. The molecule has 0 saturated heterocycles. The van der Waals surface area contributed by atoms with Gasteiger partial charge < -0.3 is 14.6 Å². The number of carbonyl (C=O) groups is 2. The fourth-order valence-electron chi connectivity index (χ4n) is 4.56. The van der Waals surface area contributed by atoms with E-state index in [0.717, 1.165) is 47.5 Å². The molecule has 1 atom stereocenters. The maximum atomic E-state index is 13.2. The third-order valence-electron chi connectivity index (χ3n) is 6.81. The SMILES string of the molecule is COC(=O)c1ccc(Cn2nc(C)c(NC(=O)c3noc4c3CC(C(C)(C)C)CC4)c2C)cc1. The number of benzene rings is 1. The number of carbonyl (C=O) groups excluding carboxylic acids is 2. The highest BCUT2D eigenvalue weighted by Crippen LogP contribution is 2.38. The van der Waals surface area contributed by atoms with Gasteiger partial charge in [-0.1, -0.05) is 38.1 Å². The number of fused-ring (bicyclic) bond motifs is 1. The molecule has 1 aromatic carbocycles. The fourth-order valence-corrected chi connectivity index (χ4v) is 4.56. The molecule has 34 heavy (non-hydrogen) atoms. The first kappa shape index (κ1) is 23.7. The van der Waals surface area contributed by atoms with Gasteiger partial charge in [0.05, 0.1) is 36.3 Å². The predicted octanol–water partition coefficient (Wildman–Crippen LogP) is 4.73. The van der Waals surface area contributed by atoms with Gasteiger partial charge in [0, 0.05) is 12.0 Å². The summed E-state index contributed by atoms with van der Waals surface area (Å²) in [7, 11) is 1.36. The number of aryl methyl sites for hydroxylation is 2. The molecule has 4 rings (SSSR count). The molecule has 1 aliphatic carbocycles. The Hall–Kier alpha value is -3.42. The van der Waals surface area contributed by atoms with Crippen LogP contribution in [-0.4, -0.2) is 33.9 Å². The number of nitrogens with zero attached hydrogens (tertiary/aromatic N) is 3. The third kappa shape index (κ3) is 4.62. The summed E-state index contributed by atoms with van der Waals surface area (Å²) in [5, 5.41) is 11.8. The van der Waals surface area contributed by atoms with Gasteiger partial charge in [0.2, 0.25) is 0 Å². The van der Waals surface area contributed by atoms with Crippen molar-refractivity contribution in [2.75, 3.05) is 12.4 Å². The van der Waals surface area contributed by atoms with E-state index >= 15 is 0 Å². The van der Waals surface area contributed by atoms with Crippen molar-refractivity contribution in [1.29, 1.82) is 0 Å². The van der Waals surface area contributed by atoms with Crippen LogP contribution in [0.2, 0.25) is 0 Å². The second-order valence-electron chi connectivity index (χ2n) is 10.1. The molecule has 8 nitrogen and oxygen atoms in total. The molecule has 3 aromatic rings. The second kappa shape index (κ2) is 9.08. The molecular formula is C26H32N4O4. The number of ether oxygens (including phenoxy) is 1. The maximum absolute atomic E-state index is 13.2. The molecule has 1 amide bonds. The molecule has 0 aliphatic heterocycles. The highest BCUT2D eigenvalue weighted by atomic mass is 16.5. The summed E-state index contributed by atoms with van der Waals surface area (Å²) in [5.41, 5.74) is 5.18. The summed E-state index contributed by atoms with van der Waals surface area (Å²) in [6.07, 6.45) is 2.64. The Morgan fingerprint density at radius 2 is 1.91 bits per heavy atom. The van der Waals surface area contributed by atoms with Crippen LogP contribution in [-0.2, 0) is 24.1 Å². The molecule has 8 heteroatoms. The van der Waals surface area contributed by atoms with Crippen LogP contribution >= 0.6 is 0 Å². The Morgan fingerprint density at radius 3 is 2.56 bits per heavy atom. The lowest BCUT2D eigenvalue weighted by atomic mass is 9.71. The zero-order valence-electron chi connectivity index (χ0n) is 20.7. The van der Waals surface area contributed by atoms with Gasteiger partial charge in [-0.3, -0.25) is 9.48 Å². The minimum atomic E-state index is -0.369. The number of hydrogen-bond acceptors (Lipinski definition) is 6. The van der Waals surface area contributed by atoms with Crippen molar-refractivity contribution in [2.45, 2.75) is 60.4 Å². The van der Waals surface area contributed by atoms with E-state index in [1.807, 2.05) is 30.7 Å². The molecule has 2 aromatic heterocycles. The Kier molecular flexibility index (Phi) is 6.34. The molecule has 1 N–H and O–H groups in total. The number of nitrogens with one attached hydrogen (secondary N) is 1. The van der Waals surface area contributed by atoms with Gasteiger partial charge in [0.25, 0.3) is 5.91 Å². The van der Waals surface area contributed by atoms with Gasteiger partial charge in [0.15, 0.2) is 5.69 Å². The molecule has 0 bridgehead atoms. The zero-order valence-corrected chi connectivity index (χ0v) is 20.7. The third-order valence-corrected chi connectivity index (χ3v) is 6.81. The monoisotopic (exact) mass is 464 g/mol. The molecule has 0 spiro atoms. The number of anilines is 1. The van der Waals surface area contributed by atoms with E-state index in [0.29, 0.717) is 29.4 Å². The molecule has 1 unspecified atom stereocenters. The van der Waals surface area contributed by atoms with Crippen LogP contribution in [0.1, 0.15) is 76.3 Å². The first-order valence-corrected chi connectivity index (χ1v) is 11.6. The van der Waals surface area contributed by atoms with Crippen molar-refractivity contribution in [2.24, 2.45) is 11.3 Å². The lowest BCUT2D eigenvalue weighted by Gasteiger charge is -2.33. The lowest BCUT2D eigenvalue weighted by molar-refractivity contribution is 0.0600. The van der Waals surface area contributed by atoms with E-state index in [1.54, 1.807) is 12.1 Å². The quantitative estimate of drug-likeness (QED) is 0.548. The number of methoxy groups -OCH3 is 1. The van der Waals surface area contributed by atoms with Crippen molar-refractivity contribution in [3.05, 3.63) is 63.8 Å². The van der Waals surface area contributed by atoms with Crippen LogP contribution in [0.4, 0.5) is 5.69 Å². The summed E-state index contributed by atoms with van der Waals surface area (Å²) in [4.78, 5) is 24.8. The predicted molar refractivity (Wildman–Crippen MR) is 128 cm³/mol. The standard InChI is InChI=1S/C26H32N4O4/c1-15-22(16(2)30(28-15)14-17-7-9-18(10-8-17)25(32)33-6)27-24(31)23-20-13-19(26(3,4)5)11-12-21(20)34-29-23/h7-10,19H,11-14H2,1-6H3,(H,27,31). The maximum Gasteiger partial charge on any atom is 0.337 e. The fraction of sp³-hybridized carbons (Fsp3) is 0.462. The smallest absolute Gasteiger partial charge is 0.337 e. The van der Waals surface area contributed by atoms with Gasteiger partial charge in [-0.05, 0) is 55.7 Å². The number of esters is 1. The lowest BCUT2D eigenvalue weighted by Crippen LogP contribution is -2.27. The first-order chi connectivity index (χ1) is 16.1. The van der Waals surface area contributed by atoms with Crippen molar-refractivity contribution in [3.63, 3.8) is 0 Å². The average Bonchev–Trinajstić information content (AvgIpc) is 3.34. The van der Waals surface area contributed by atoms with Crippen molar-refractivity contribution in [3.8, 4) is 0 Å². The van der Waals surface area contributed by atoms with Crippen molar-refractivity contribution >= 4 is 17.6 Å². The van der Waals surface area contributed by atoms with E-state index < -0.39 is 0 Å². The summed E-state index contributed by atoms with van der Waals surface area (Å²) in [6.45, 7) is 11.0. The number of amides is 1. The van der Waals surface area contributed by atoms with Crippen LogP contribution in [0.15, 0.2) is 28.8 Å².